The quantitative estimate of drug-likeness (QED) is 0.655. The largest absolute Gasteiger partial charge is 0.383 e. The Balaban J connectivity index is 1.90. The average Bonchev–Trinajstić information content (AvgIpc) is 3.09. The molecular formula is C19H23N5O3. The summed E-state index contributed by atoms with van der Waals surface area (Å²) < 4.78 is 8.70. The van der Waals surface area contributed by atoms with Crippen LogP contribution in [0.3, 0.4) is 0 Å². The van der Waals surface area contributed by atoms with Gasteiger partial charge in [0.05, 0.1) is 18.7 Å². The first-order chi connectivity index (χ1) is 12.9. The van der Waals surface area contributed by atoms with E-state index in [0.717, 1.165) is 11.1 Å². The molecule has 0 aliphatic heterocycles. The van der Waals surface area contributed by atoms with Gasteiger partial charge in [-0.25, -0.2) is 0 Å². The van der Waals surface area contributed by atoms with Crippen molar-refractivity contribution in [2.24, 2.45) is 7.05 Å². The number of benzene rings is 1. The zero-order valence-electron chi connectivity index (χ0n) is 16.0. The van der Waals surface area contributed by atoms with Crippen LogP contribution in [-0.2, 0) is 24.9 Å². The Kier molecular flexibility index (Phi) is 5.36. The Morgan fingerprint density at radius 2 is 2.11 bits per heavy atom. The molecule has 0 saturated carbocycles. The second-order valence-electron chi connectivity index (χ2n) is 6.60. The van der Waals surface area contributed by atoms with E-state index in [-0.39, 0.29) is 23.4 Å². The summed E-state index contributed by atoms with van der Waals surface area (Å²) in [5.41, 5.74) is 1.65. The van der Waals surface area contributed by atoms with Gasteiger partial charge in [-0.15, -0.1) is 10.2 Å². The summed E-state index contributed by atoms with van der Waals surface area (Å²) in [5, 5.41) is 8.50. The molecule has 0 fully saturated rings. The standard InChI is InChI=1S/C19H23N5O3/c1-13-5-6-16-14(9-13)18(25)15(10-22(16)2)19(26)23(3)11-17-21-20-12-24(17)7-8-27-4/h5-6,9-10,12H,7-8,11H2,1-4H3. The maximum Gasteiger partial charge on any atom is 0.259 e. The number of fused-ring (bicyclic) bond motifs is 1. The first kappa shape index (κ1) is 18.8. The van der Waals surface area contributed by atoms with Crippen LogP contribution in [0.4, 0.5) is 0 Å². The van der Waals surface area contributed by atoms with E-state index in [9.17, 15) is 9.59 Å². The van der Waals surface area contributed by atoms with Gasteiger partial charge in [0.25, 0.3) is 5.91 Å². The molecule has 0 radical (unpaired) electrons. The molecule has 0 unspecified atom stereocenters. The van der Waals surface area contributed by atoms with Crippen LogP contribution >= 0.6 is 0 Å². The van der Waals surface area contributed by atoms with Gasteiger partial charge in [0.2, 0.25) is 5.43 Å². The average molecular weight is 369 g/mol. The fourth-order valence-corrected chi connectivity index (χ4v) is 3.03. The van der Waals surface area contributed by atoms with E-state index < -0.39 is 0 Å². The number of hydrogen-bond donors (Lipinski definition) is 0. The maximum atomic E-state index is 12.9. The summed E-state index contributed by atoms with van der Waals surface area (Å²) in [6.45, 7) is 3.29. The number of ether oxygens (including phenoxy) is 1. The molecule has 0 N–H and O–H groups in total. The first-order valence-corrected chi connectivity index (χ1v) is 8.63. The molecule has 142 valence electrons. The molecule has 0 atom stereocenters. The molecule has 1 aromatic carbocycles. The number of hydrogen-bond acceptors (Lipinski definition) is 5. The van der Waals surface area contributed by atoms with Gasteiger partial charge in [-0.3, -0.25) is 9.59 Å². The number of carbonyl (C=O) groups is 1. The number of aryl methyl sites for hydroxylation is 2. The molecule has 8 heteroatoms. The van der Waals surface area contributed by atoms with Crippen LogP contribution in [0.15, 0.2) is 35.5 Å². The third-order valence-electron chi connectivity index (χ3n) is 4.53. The van der Waals surface area contributed by atoms with Crippen LogP contribution in [0.25, 0.3) is 10.9 Å². The van der Waals surface area contributed by atoms with Gasteiger partial charge < -0.3 is 18.8 Å². The zero-order valence-corrected chi connectivity index (χ0v) is 16.0. The third kappa shape index (κ3) is 3.75. The van der Waals surface area contributed by atoms with Gasteiger partial charge in [-0.2, -0.15) is 0 Å². The Hall–Kier alpha value is -3.00. The fraction of sp³-hybridized carbons (Fsp3) is 0.368. The minimum absolute atomic E-state index is 0.140. The van der Waals surface area contributed by atoms with Crippen LogP contribution < -0.4 is 5.43 Å². The van der Waals surface area contributed by atoms with Gasteiger partial charge in [0.15, 0.2) is 5.82 Å². The third-order valence-corrected chi connectivity index (χ3v) is 4.53. The molecule has 0 bridgehead atoms. The molecule has 3 aromatic rings. The number of methoxy groups -OCH3 is 1. The van der Waals surface area contributed by atoms with Crippen molar-refractivity contribution in [2.75, 3.05) is 20.8 Å². The van der Waals surface area contributed by atoms with E-state index in [1.807, 2.05) is 36.7 Å². The zero-order chi connectivity index (χ0) is 19.6. The van der Waals surface area contributed by atoms with Crippen molar-refractivity contribution in [2.45, 2.75) is 20.0 Å². The highest BCUT2D eigenvalue weighted by Gasteiger charge is 2.20. The van der Waals surface area contributed by atoms with Crippen LogP contribution in [-0.4, -0.2) is 50.9 Å². The summed E-state index contributed by atoms with van der Waals surface area (Å²) in [5.74, 6) is 0.289. The molecule has 0 spiro atoms. The van der Waals surface area contributed by atoms with E-state index in [2.05, 4.69) is 10.2 Å². The van der Waals surface area contributed by atoms with Crippen molar-refractivity contribution in [1.82, 2.24) is 24.2 Å². The molecule has 1 amide bonds. The van der Waals surface area contributed by atoms with Crippen molar-refractivity contribution in [3.8, 4) is 0 Å². The molecule has 2 aromatic heterocycles. The van der Waals surface area contributed by atoms with Crippen LogP contribution in [0, 0.1) is 6.92 Å². The highest BCUT2D eigenvalue weighted by atomic mass is 16.5. The minimum Gasteiger partial charge on any atom is -0.383 e. The lowest BCUT2D eigenvalue weighted by Gasteiger charge is -2.18. The predicted molar refractivity (Wildman–Crippen MR) is 102 cm³/mol. The van der Waals surface area contributed by atoms with Crippen molar-refractivity contribution in [3.63, 3.8) is 0 Å². The van der Waals surface area contributed by atoms with E-state index in [0.29, 0.717) is 24.4 Å². The lowest BCUT2D eigenvalue weighted by Crippen LogP contribution is -2.32. The van der Waals surface area contributed by atoms with Crippen molar-refractivity contribution >= 4 is 16.8 Å². The van der Waals surface area contributed by atoms with E-state index in [1.54, 1.807) is 31.2 Å². The number of carbonyl (C=O) groups excluding carboxylic acids is 1. The van der Waals surface area contributed by atoms with Gasteiger partial charge in [0.1, 0.15) is 11.9 Å². The van der Waals surface area contributed by atoms with Crippen LogP contribution in [0.5, 0.6) is 0 Å². The first-order valence-electron chi connectivity index (χ1n) is 8.63. The Morgan fingerprint density at radius 3 is 2.85 bits per heavy atom. The second kappa shape index (κ2) is 7.71. The molecular weight excluding hydrogens is 346 g/mol. The second-order valence-corrected chi connectivity index (χ2v) is 6.60. The Labute approximate surface area is 157 Å². The summed E-state index contributed by atoms with van der Waals surface area (Å²) in [6, 6.07) is 5.65. The SMILES string of the molecule is COCCn1cnnc1CN(C)C(=O)c1cn(C)c2ccc(C)cc2c1=O. The fourth-order valence-electron chi connectivity index (χ4n) is 3.03. The lowest BCUT2D eigenvalue weighted by atomic mass is 10.1. The highest BCUT2D eigenvalue weighted by molar-refractivity contribution is 5.97. The number of rotatable bonds is 6. The maximum absolute atomic E-state index is 12.9. The van der Waals surface area contributed by atoms with Crippen molar-refractivity contribution in [1.29, 1.82) is 0 Å². The highest BCUT2D eigenvalue weighted by Crippen LogP contribution is 2.14. The number of nitrogens with zero attached hydrogens (tertiary/aromatic N) is 5. The Morgan fingerprint density at radius 1 is 1.33 bits per heavy atom. The van der Waals surface area contributed by atoms with Gasteiger partial charge in [-0.1, -0.05) is 11.6 Å². The smallest absolute Gasteiger partial charge is 0.259 e. The van der Waals surface area contributed by atoms with E-state index in [1.165, 1.54) is 4.90 Å². The van der Waals surface area contributed by atoms with Crippen LogP contribution in [0.1, 0.15) is 21.7 Å². The van der Waals surface area contributed by atoms with Gasteiger partial charge in [-0.05, 0) is 19.1 Å². The monoisotopic (exact) mass is 369 g/mol. The summed E-state index contributed by atoms with van der Waals surface area (Å²) in [4.78, 5) is 27.3. The van der Waals surface area contributed by atoms with Gasteiger partial charge >= 0.3 is 0 Å². The summed E-state index contributed by atoms with van der Waals surface area (Å²) in [7, 11) is 5.10. The molecule has 0 aliphatic rings. The molecule has 0 saturated heterocycles. The summed E-state index contributed by atoms with van der Waals surface area (Å²) >= 11 is 0. The van der Waals surface area contributed by atoms with Gasteiger partial charge in [0, 0.05) is 39.3 Å². The number of aromatic nitrogens is 4. The topological polar surface area (TPSA) is 82.2 Å². The molecule has 2 heterocycles. The minimum atomic E-state index is -0.347. The summed E-state index contributed by atoms with van der Waals surface area (Å²) in [6.07, 6.45) is 3.19. The predicted octanol–water partition coefficient (Wildman–Crippen LogP) is 1.36. The molecule has 3 rings (SSSR count). The Bertz CT molecular complexity index is 1040. The van der Waals surface area contributed by atoms with Crippen molar-refractivity contribution in [3.05, 3.63) is 57.9 Å². The number of pyridine rings is 1. The van der Waals surface area contributed by atoms with Crippen LogP contribution in [0.2, 0.25) is 0 Å². The lowest BCUT2D eigenvalue weighted by molar-refractivity contribution is 0.0777. The molecule has 27 heavy (non-hydrogen) atoms. The molecule has 8 nitrogen and oxygen atoms in total. The van der Waals surface area contributed by atoms with E-state index >= 15 is 0 Å². The molecule has 0 aliphatic carbocycles. The van der Waals surface area contributed by atoms with Crippen molar-refractivity contribution < 1.29 is 9.53 Å². The van der Waals surface area contributed by atoms with E-state index in [4.69, 9.17) is 4.74 Å². The normalized spacial score (nSPS) is 11.1. The number of amides is 1.